The van der Waals surface area contributed by atoms with E-state index in [9.17, 15) is 13.2 Å². The summed E-state index contributed by atoms with van der Waals surface area (Å²) in [6.45, 7) is 0. The molecule has 0 unspecified atom stereocenters. The maximum atomic E-state index is 12.7. The number of pyridine rings is 1. The summed E-state index contributed by atoms with van der Waals surface area (Å²) < 4.78 is 43.5. The number of alkyl halides is 3. The van der Waals surface area contributed by atoms with Crippen LogP contribution in [-0.4, -0.2) is 15.0 Å². The van der Waals surface area contributed by atoms with Crippen molar-refractivity contribution in [2.24, 2.45) is 0 Å². The van der Waals surface area contributed by atoms with E-state index in [1.807, 2.05) is 12.1 Å². The Kier molecular flexibility index (Phi) is 6.82. The van der Waals surface area contributed by atoms with Crippen molar-refractivity contribution >= 4 is 34.8 Å². The van der Waals surface area contributed by atoms with Crippen LogP contribution in [0.25, 0.3) is 0 Å². The predicted molar refractivity (Wildman–Crippen MR) is 105 cm³/mol. The monoisotopic (exact) mass is 461 g/mol. The first kappa shape index (κ1) is 21.6. The molecule has 0 spiro atoms. The molecule has 0 saturated carbocycles. The van der Waals surface area contributed by atoms with Crippen molar-refractivity contribution < 1.29 is 17.9 Å². The molecule has 0 amide bonds. The molecule has 10 heteroatoms. The second-order valence-corrected chi connectivity index (χ2v) is 7.18. The van der Waals surface area contributed by atoms with Crippen molar-refractivity contribution in [1.82, 2.24) is 15.0 Å². The summed E-state index contributed by atoms with van der Waals surface area (Å²) in [5.74, 6) is 0.316. The minimum Gasteiger partial charge on any atom is -0.438 e. The molecule has 2 heterocycles. The molecule has 0 N–H and O–H groups in total. The van der Waals surface area contributed by atoms with Gasteiger partial charge in [-0.15, -0.1) is 0 Å². The third kappa shape index (κ3) is 5.72. The maximum Gasteiger partial charge on any atom is 0.417 e. The van der Waals surface area contributed by atoms with Crippen LogP contribution in [0, 0.1) is 0 Å². The van der Waals surface area contributed by atoms with Crippen molar-refractivity contribution in [1.29, 1.82) is 0 Å². The normalized spacial score (nSPS) is 11.5. The standard InChI is InChI=1S/C19H13Cl3F3N3O/c20-14-8-12(19(23,24)25)9-26-18(14)29-13-6-4-11(5-7-13)2-1-3-15-16(21)17(22)28-10-27-15/h4-10H,1-3H2. The first-order chi connectivity index (χ1) is 13.7. The quantitative estimate of drug-likeness (QED) is 0.377. The van der Waals surface area contributed by atoms with E-state index >= 15 is 0 Å². The number of nitrogens with zero attached hydrogens (tertiary/aromatic N) is 3. The molecule has 2 aromatic heterocycles. The molecule has 1 aromatic carbocycles. The summed E-state index contributed by atoms with van der Waals surface area (Å²) in [7, 11) is 0. The Hall–Kier alpha value is -2.09. The zero-order valence-corrected chi connectivity index (χ0v) is 16.9. The van der Waals surface area contributed by atoms with Crippen LogP contribution in [0.4, 0.5) is 13.2 Å². The maximum absolute atomic E-state index is 12.7. The van der Waals surface area contributed by atoms with Crippen LogP contribution < -0.4 is 4.74 Å². The van der Waals surface area contributed by atoms with Gasteiger partial charge in [0.1, 0.15) is 17.1 Å². The van der Waals surface area contributed by atoms with Crippen LogP contribution >= 0.6 is 34.8 Å². The van der Waals surface area contributed by atoms with Crippen molar-refractivity contribution in [3.8, 4) is 11.6 Å². The van der Waals surface area contributed by atoms with Gasteiger partial charge in [0.2, 0.25) is 5.88 Å². The highest BCUT2D eigenvalue weighted by Gasteiger charge is 2.31. The second-order valence-electron chi connectivity index (χ2n) is 6.03. The molecule has 0 saturated heterocycles. The Morgan fingerprint density at radius 1 is 0.931 bits per heavy atom. The third-order valence-electron chi connectivity index (χ3n) is 3.97. The van der Waals surface area contributed by atoms with Gasteiger partial charge in [0.25, 0.3) is 0 Å². The zero-order valence-electron chi connectivity index (χ0n) is 14.7. The van der Waals surface area contributed by atoms with Crippen LogP contribution in [0.2, 0.25) is 15.2 Å². The summed E-state index contributed by atoms with van der Waals surface area (Å²) in [5, 5.41) is 0.372. The van der Waals surface area contributed by atoms with E-state index in [4.69, 9.17) is 39.5 Å². The summed E-state index contributed by atoms with van der Waals surface area (Å²) in [4.78, 5) is 11.6. The molecule has 3 aromatic rings. The highest BCUT2D eigenvalue weighted by atomic mass is 35.5. The first-order valence-corrected chi connectivity index (χ1v) is 9.52. The van der Waals surface area contributed by atoms with Gasteiger partial charge in [-0.3, -0.25) is 0 Å². The smallest absolute Gasteiger partial charge is 0.417 e. The number of rotatable bonds is 6. The van der Waals surface area contributed by atoms with Gasteiger partial charge in [0.05, 0.1) is 16.3 Å². The SMILES string of the molecule is FC(F)(F)c1cnc(Oc2ccc(CCCc3ncnc(Cl)c3Cl)cc2)c(Cl)c1. The van der Waals surface area contributed by atoms with Crippen LogP contribution in [0.15, 0.2) is 42.9 Å². The lowest BCUT2D eigenvalue weighted by molar-refractivity contribution is -0.137. The Bertz CT molecular complexity index is 998. The van der Waals surface area contributed by atoms with E-state index in [0.717, 1.165) is 24.5 Å². The zero-order chi connectivity index (χ0) is 21.0. The van der Waals surface area contributed by atoms with Gasteiger partial charge in [-0.05, 0) is 43.0 Å². The minimum atomic E-state index is -4.52. The fraction of sp³-hybridized carbons (Fsp3) is 0.211. The van der Waals surface area contributed by atoms with Crippen LogP contribution in [0.3, 0.4) is 0 Å². The number of aryl methyl sites for hydroxylation is 2. The fourth-order valence-corrected chi connectivity index (χ4v) is 3.06. The van der Waals surface area contributed by atoms with Crippen LogP contribution in [0.5, 0.6) is 11.6 Å². The Morgan fingerprint density at radius 2 is 1.66 bits per heavy atom. The molecule has 3 rings (SSSR count). The summed E-state index contributed by atoms with van der Waals surface area (Å²) >= 11 is 17.8. The highest BCUT2D eigenvalue weighted by Crippen LogP contribution is 2.34. The van der Waals surface area contributed by atoms with E-state index in [-0.39, 0.29) is 16.1 Å². The van der Waals surface area contributed by atoms with Crippen LogP contribution in [0.1, 0.15) is 23.2 Å². The molecule has 0 bridgehead atoms. The third-order valence-corrected chi connectivity index (χ3v) is 5.02. The van der Waals surface area contributed by atoms with Crippen molar-refractivity contribution in [2.75, 3.05) is 0 Å². The number of hydrogen-bond acceptors (Lipinski definition) is 4. The Labute approximate surface area is 179 Å². The number of hydrogen-bond donors (Lipinski definition) is 0. The van der Waals surface area contributed by atoms with E-state index in [1.54, 1.807) is 12.1 Å². The summed E-state index contributed by atoms with van der Waals surface area (Å²) in [6.07, 6.45) is -0.268. The number of ether oxygens (including phenoxy) is 1. The number of aromatic nitrogens is 3. The highest BCUT2D eigenvalue weighted by molar-refractivity contribution is 6.41. The van der Waals surface area contributed by atoms with E-state index in [0.29, 0.717) is 29.1 Å². The topological polar surface area (TPSA) is 47.9 Å². The Balaban J connectivity index is 1.58. The summed E-state index contributed by atoms with van der Waals surface area (Å²) in [5.41, 5.74) is 0.796. The molecular formula is C19H13Cl3F3N3O. The molecule has 152 valence electrons. The van der Waals surface area contributed by atoms with Crippen molar-refractivity contribution in [3.63, 3.8) is 0 Å². The molecule has 0 fully saturated rings. The molecule has 4 nitrogen and oxygen atoms in total. The largest absolute Gasteiger partial charge is 0.438 e. The van der Waals surface area contributed by atoms with Gasteiger partial charge in [-0.1, -0.05) is 46.9 Å². The predicted octanol–water partition coefficient (Wildman–Crippen LogP) is 6.82. The molecule has 0 atom stereocenters. The molecule has 29 heavy (non-hydrogen) atoms. The lowest BCUT2D eigenvalue weighted by atomic mass is 10.1. The molecule has 0 radical (unpaired) electrons. The lowest BCUT2D eigenvalue weighted by Crippen LogP contribution is -2.05. The summed E-state index contributed by atoms with van der Waals surface area (Å²) in [6, 6.07) is 7.87. The Morgan fingerprint density at radius 3 is 2.31 bits per heavy atom. The first-order valence-electron chi connectivity index (χ1n) is 8.38. The van der Waals surface area contributed by atoms with Gasteiger partial charge >= 0.3 is 6.18 Å². The van der Waals surface area contributed by atoms with Gasteiger partial charge in [0, 0.05) is 6.20 Å². The van der Waals surface area contributed by atoms with Crippen LogP contribution in [-0.2, 0) is 19.0 Å². The lowest BCUT2D eigenvalue weighted by Gasteiger charge is -2.10. The van der Waals surface area contributed by atoms with Gasteiger partial charge in [0.15, 0.2) is 5.15 Å². The number of halogens is 6. The molecule has 0 aliphatic heterocycles. The minimum absolute atomic E-state index is 0.0947. The van der Waals surface area contributed by atoms with Crippen molar-refractivity contribution in [3.05, 3.63) is 74.9 Å². The van der Waals surface area contributed by atoms with Gasteiger partial charge < -0.3 is 4.74 Å². The average molecular weight is 463 g/mol. The molecule has 0 aliphatic rings. The van der Waals surface area contributed by atoms with E-state index < -0.39 is 11.7 Å². The van der Waals surface area contributed by atoms with Gasteiger partial charge in [-0.25, -0.2) is 15.0 Å². The number of benzene rings is 1. The van der Waals surface area contributed by atoms with E-state index in [1.165, 1.54) is 6.33 Å². The van der Waals surface area contributed by atoms with Gasteiger partial charge in [-0.2, -0.15) is 13.2 Å². The van der Waals surface area contributed by atoms with Crippen molar-refractivity contribution in [2.45, 2.75) is 25.4 Å². The molecular weight excluding hydrogens is 450 g/mol. The molecule has 0 aliphatic carbocycles. The second kappa shape index (κ2) is 9.15. The van der Waals surface area contributed by atoms with E-state index in [2.05, 4.69) is 15.0 Å². The fourth-order valence-electron chi connectivity index (χ4n) is 2.51. The average Bonchev–Trinajstić information content (AvgIpc) is 2.67.